The summed E-state index contributed by atoms with van der Waals surface area (Å²) >= 11 is 0. The van der Waals surface area contributed by atoms with Crippen LogP contribution in [0.2, 0.25) is 0 Å². The Labute approximate surface area is 79.2 Å². The maximum absolute atomic E-state index is 5.71. The molecule has 0 aromatic carbocycles. The molecule has 1 aromatic heterocycles. The fourth-order valence-corrected chi connectivity index (χ4v) is 1.26. The standard InChI is InChI=1S/C9H18N4/c1-4-8-11-9(5-2)13(12-8)6-7(3)10/h7H,4-6,10H2,1-3H3/t7-/m1/s1. The van der Waals surface area contributed by atoms with Gasteiger partial charge >= 0.3 is 0 Å². The van der Waals surface area contributed by atoms with E-state index in [2.05, 4.69) is 23.9 Å². The second kappa shape index (κ2) is 4.37. The molecule has 4 nitrogen and oxygen atoms in total. The van der Waals surface area contributed by atoms with Crippen molar-refractivity contribution in [2.24, 2.45) is 5.73 Å². The van der Waals surface area contributed by atoms with Gasteiger partial charge in [-0.25, -0.2) is 9.67 Å². The second-order valence-electron chi connectivity index (χ2n) is 3.31. The molecule has 2 N–H and O–H groups in total. The van der Waals surface area contributed by atoms with Crippen LogP contribution in [0.5, 0.6) is 0 Å². The molecule has 74 valence electrons. The minimum atomic E-state index is 0.136. The summed E-state index contributed by atoms with van der Waals surface area (Å²) in [6.07, 6.45) is 1.80. The highest BCUT2D eigenvalue weighted by Gasteiger charge is 2.07. The van der Waals surface area contributed by atoms with Gasteiger partial charge in [-0.3, -0.25) is 0 Å². The van der Waals surface area contributed by atoms with E-state index in [-0.39, 0.29) is 6.04 Å². The van der Waals surface area contributed by atoms with E-state index in [0.29, 0.717) is 0 Å². The first kappa shape index (κ1) is 10.2. The monoisotopic (exact) mass is 182 g/mol. The lowest BCUT2D eigenvalue weighted by molar-refractivity contribution is 0.515. The van der Waals surface area contributed by atoms with E-state index < -0.39 is 0 Å². The Morgan fingerprint density at radius 2 is 2.08 bits per heavy atom. The molecule has 0 fully saturated rings. The third-order valence-corrected chi connectivity index (χ3v) is 1.89. The van der Waals surface area contributed by atoms with Gasteiger partial charge in [-0.15, -0.1) is 0 Å². The minimum absolute atomic E-state index is 0.136. The fraction of sp³-hybridized carbons (Fsp3) is 0.778. The average molecular weight is 182 g/mol. The van der Waals surface area contributed by atoms with E-state index in [4.69, 9.17) is 5.73 Å². The summed E-state index contributed by atoms with van der Waals surface area (Å²) in [5, 5.41) is 4.37. The SMILES string of the molecule is CCc1nc(CC)n(C[C@@H](C)N)n1. The van der Waals surface area contributed by atoms with Crippen molar-refractivity contribution < 1.29 is 0 Å². The Kier molecular flexibility index (Phi) is 3.42. The van der Waals surface area contributed by atoms with E-state index in [9.17, 15) is 0 Å². The first-order valence-electron chi connectivity index (χ1n) is 4.85. The van der Waals surface area contributed by atoms with Crippen LogP contribution in [0.1, 0.15) is 32.4 Å². The number of nitrogens with two attached hydrogens (primary N) is 1. The highest BCUT2D eigenvalue weighted by molar-refractivity contribution is 4.92. The Morgan fingerprint density at radius 3 is 2.54 bits per heavy atom. The highest BCUT2D eigenvalue weighted by atomic mass is 15.3. The van der Waals surface area contributed by atoms with Crippen molar-refractivity contribution in [3.8, 4) is 0 Å². The van der Waals surface area contributed by atoms with Gasteiger partial charge in [0.2, 0.25) is 0 Å². The zero-order valence-electron chi connectivity index (χ0n) is 8.62. The highest BCUT2D eigenvalue weighted by Crippen LogP contribution is 2.01. The molecule has 0 aliphatic heterocycles. The van der Waals surface area contributed by atoms with E-state index in [1.54, 1.807) is 0 Å². The molecule has 4 heteroatoms. The third kappa shape index (κ3) is 2.52. The van der Waals surface area contributed by atoms with E-state index in [1.165, 1.54) is 0 Å². The first-order chi connectivity index (χ1) is 6.17. The summed E-state index contributed by atoms with van der Waals surface area (Å²) in [7, 11) is 0. The van der Waals surface area contributed by atoms with Gasteiger partial charge in [0.15, 0.2) is 5.82 Å². The molecular formula is C9H18N4. The van der Waals surface area contributed by atoms with Crippen LogP contribution < -0.4 is 5.73 Å². The normalized spacial score (nSPS) is 13.2. The van der Waals surface area contributed by atoms with Crippen molar-refractivity contribution in [2.75, 3.05) is 0 Å². The van der Waals surface area contributed by atoms with Gasteiger partial charge in [-0.05, 0) is 6.92 Å². The molecule has 0 aliphatic rings. The first-order valence-corrected chi connectivity index (χ1v) is 4.85. The molecule has 1 heterocycles. The predicted molar refractivity (Wildman–Crippen MR) is 52.4 cm³/mol. The molecule has 0 saturated carbocycles. The lowest BCUT2D eigenvalue weighted by Gasteiger charge is -2.06. The third-order valence-electron chi connectivity index (χ3n) is 1.89. The zero-order chi connectivity index (χ0) is 9.84. The van der Waals surface area contributed by atoms with Gasteiger partial charge in [0.25, 0.3) is 0 Å². The van der Waals surface area contributed by atoms with Crippen LogP contribution in [0.15, 0.2) is 0 Å². The number of hydrogen-bond acceptors (Lipinski definition) is 3. The molecule has 13 heavy (non-hydrogen) atoms. The molecule has 1 atom stereocenters. The second-order valence-corrected chi connectivity index (χ2v) is 3.31. The molecular weight excluding hydrogens is 164 g/mol. The van der Waals surface area contributed by atoms with Crippen LogP contribution in [-0.4, -0.2) is 20.8 Å². The van der Waals surface area contributed by atoms with E-state index >= 15 is 0 Å². The predicted octanol–water partition coefficient (Wildman–Crippen LogP) is 0.750. The molecule has 0 saturated heterocycles. The van der Waals surface area contributed by atoms with Crippen molar-refractivity contribution in [1.29, 1.82) is 0 Å². The number of aromatic nitrogens is 3. The molecule has 0 radical (unpaired) electrons. The molecule has 0 bridgehead atoms. The summed E-state index contributed by atoms with van der Waals surface area (Å²) in [5.41, 5.74) is 5.71. The number of aryl methyl sites for hydroxylation is 2. The van der Waals surface area contributed by atoms with Crippen LogP contribution in [-0.2, 0) is 19.4 Å². The van der Waals surface area contributed by atoms with Gasteiger partial charge in [0, 0.05) is 18.9 Å². The van der Waals surface area contributed by atoms with Gasteiger partial charge in [-0.1, -0.05) is 13.8 Å². The lowest BCUT2D eigenvalue weighted by Crippen LogP contribution is -2.24. The molecule has 0 spiro atoms. The summed E-state index contributed by atoms with van der Waals surface area (Å²) in [6.45, 7) is 6.88. The Morgan fingerprint density at radius 1 is 1.38 bits per heavy atom. The Bertz CT molecular complexity index is 265. The summed E-state index contributed by atoms with van der Waals surface area (Å²) in [5.74, 6) is 1.95. The Balaban J connectivity index is 2.84. The molecule has 0 unspecified atom stereocenters. The van der Waals surface area contributed by atoms with E-state index in [1.807, 2.05) is 11.6 Å². The van der Waals surface area contributed by atoms with Crippen LogP contribution in [0, 0.1) is 0 Å². The maximum Gasteiger partial charge on any atom is 0.150 e. The summed E-state index contributed by atoms with van der Waals surface area (Å²) in [6, 6.07) is 0.136. The smallest absolute Gasteiger partial charge is 0.150 e. The fourth-order valence-electron chi connectivity index (χ4n) is 1.26. The topological polar surface area (TPSA) is 56.7 Å². The van der Waals surface area contributed by atoms with E-state index in [0.717, 1.165) is 31.0 Å². The van der Waals surface area contributed by atoms with Gasteiger partial charge in [0.1, 0.15) is 5.82 Å². The number of nitrogens with zero attached hydrogens (tertiary/aromatic N) is 3. The quantitative estimate of drug-likeness (QED) is 0.747. The van der Waals surface area contributed by atoms with Gasteiger partial charge in [0.05, 0.1) is 6.54 Å². The Hall–Kier alpha value is -0.900. The van der Waals surface area contributed by atoms with Crippen molar-refractivity contribution in [1.82, 2.24) is 14.8 Å². The van der Waals surface area contributed by atoms with Crippen molar-refractivity contribution in [3.05, 3.63) is 11.6 Å². The largest absolute Gasteiger partial charge is 0.326 e. The van der Waals surface area contributed by atoms with Crippen molar-refractivity contribution in [3.63, 3.8) is 0 Å². The van der Waals surface area contributed by atoms with Crippen LogP contribution in [0.25, 0.3) is 0 Å². The molecule has 0 aliphatic carbocycles. The maximum atomic E-state index is 5.71. The van der Waals surface area contributed by atoms with Crippen LogP contribution in [0.4, 0.5) is 0 Å². The zero-order valence-corrected chi connectivity index (χ0v) is 8.62. The summed E-state index contributed by atoms with van der Waals surface area (Å²) < 4.78 is 1.92. The number of rotatable bonds is 4. The molecule has 1 rings (SSSR count). The van der Waals surface area contributed by atoms with Gasteiger partial charge in [-0.2, -0.15) is 5.10 Å². The molecule has 1 aromatic rings. The molecule has 0 amide bonds. The van der Waals surface area contributed by atoms with Crippen molar-refractivity contribution in [2.45, 2.75) is 46.2 Å². The lowest BCUT2D eigenvalue weighted by atomic mass is 10.3. The van der Waals surface area contributed by atoms with Crippen LogP contribution >= 0.6 is 0 Å². The number of hydrogen-bond donors (Lipinski definition) is 1. The average Bonchev–Trinajstić information content (AvgIpc) is 2.46. The minimum Gasteiger partial charge on any atom is -0.326 e. The van der Waals surface area contributed by atoms with Crippen molar-refractivity contribution >= 4 is 0 Å². The van der Waals surface area contributed by atoms with Crippen LogP contribution in [0.3, 0.4) is 0 Å². The van der Waals surface area contributed by atoms with Gasteiger partial charge < -0.3 is 5.73 Å². The summed E-state index contributed by atoms with van der Waals surface area (Å²) in [4.78, 5) is 4.40.